The number of Topliss-reactive ketones (excluding diaryl/α,β-unsaturated/α-hetero) is 1. The van der Waals surface area contributed by atoms with Gasteiger partial charge in [-0.1, -0.05) is 25.0 Å². The highest BCUT2D eigenvalue weighted by Gasteiger charge is 2.27. The first-order valence-electron chi connectivity index (χ1n) is 11.7. The largest absolute Gasteiger partial charge is 0.493 e. The number of methoxy groups -OCH3 is 1. The molecule has 1 saturated heterocycles. The number of rotatable bonds is 8. The fourth-order valence-electron chi connectivity index (χ4n) is 5.73. The molecule has 160 valence electrons. The average molecular weight is 400 g/mol. The zero-order valence-corrected chi connectivity index (χ0v) is 18.0. The number of hydrogen-bond donors (Lipinski definition) is 0. The highest BCUT2D eigenvalue weighted by molar-refractivity contribution is 5.79. The molecule has 4 heteroatoms. The summed E-state index contributed by atoms with van der Waals surface area (Å²) in [6, 6.07) is 6.64. The molecule has 1 aromatic carbocycles. The number of fused-ring (bicyclic) bond motifs is 1. The van der Waals surface area contributed by atoms with Crippen LogP contribution in [0.2, 0.25) is 0 Å². The predicted octanol–water partition coefficient (Wildman–Crippen LogP) is 4.60. The Morgan fingerprint density at radius 2 is 1.86 bits per heavy atom. The normalized spacial score (nSPS) is 25.6. The Hall–Kier alpha value is -1.39. The van der Waals surface area contributed by atoms with Gasteiger partial charge in [0.2, 0.25) is 0 Å². The van der Waals surface area contributed by atoms with E-state index in [1.165, 1.54) is 70.1 Å². The van der Waals surface area contributed by atoms with E-state index < -0.39 is 0 Å². The van der Waals surface area contributed by atoms with Crippen LogP contribution in [0.25, 0.3) is 0 Å². The minimum atomic E-state index is 0.273. The maximum atomic E-state index is 11.8. The van der Waals surface area contributed by atoms with Gasteiger partial charge >= 0.3 is 0 Å². The molecule has 4 rings (SSSR count). The summed E-state index contributed by atoms with van der Waals surface area (Å²) in [5.41, 5.74) is 3.03. The number of carbonyl (C=O) groups excluding carboxylic acids is 1. The van der Waals surface area contributed by atoms with Gasteiger partial charge in [0.25, 0.3) is 0 Å². The van der Waals surface area contributed by atoms with E-state index in [0.29, 0.717) is 11.8 Å². The number of hydrogen-bond acceptors (Lipinski definition) is 4. The van der Waals surface area contributed by atoms with Gasteiger partial charge in [0, 0.05) is 25.5 Å². The lowest BCUT2D eigenvalue weighted by Crippen LogP contribution is -2.35. The van der Waals surface area contributed by atoms with Crippen molar-refractivity contribution in [3.8, 4) is 5.75 Å². The van der Waals surface area contributed by atoms with Crippen LogP contribution in [-0.2, 0) is 16.0 Å². The molecule has 0 atom stereocenters. The van der Waals surface area contributed by atoms with Gasteiger partial charge in [-0.3, -0.25) is 4.79 Å². The van der Waals surface area contributed by atoms with Crippen LogP contribution in [0.3, 0.4) is 0 Å². The smallest absolute Gasteiger partial charge is 0.158 e. The Balaban J connectivity index is 1.16. The van der Waals surface area contributed by atoms with Gasteiger partial charge in [-0.15, -0.1) is 0 Å². The molecule has 1 aliphatic carbocycles. The fourth-order valence-corrected chi connectivity index (χ4v) is 5.73. The van der Waals surface area contributed by atoms with Crippen LogP contribution in [-0.4, -0.2) is 50.6 Å². The second kappa shape index (κ2) is 10.1. The van der Waals surface area contributed by atoms with Gasteiger partial charge in [0.15, 0.2) is 5.78 Å². The first-order valence-corrected chi connectivity index (χ1v) is 11.7. The van der Waals surface area contributed by atoms with E-state index in [2.05, 4.69) is 23.1 Å². The molecule has 1 aromatic rings. The molecule has 0 aromatic heterocycles. The minimum absolute atomic E-state index is 0.273. The van der Waals surface area contributed by atoms with E-state index in [1.54, 1.807) is 12.7 Å². The molecule has 1 saturated carbocycles. The third-order valence-electron chi connectivity index (χ3n) is 7.45. The van der Waals surface area contributed by atoms with Crippen molar-refractivity contribution in [2.45, 2.75) is 63.7 Å². The topological polar surface area (TPSA) is 38.8 Å². The molecular formula is C25H37NO3. The second-order valence-electron chi connectivity index (χ2n) is 9.39. The lowest BCUT2D eigenvalue weighted by Gasteiger charge is -2.35. The van der Waals surface area contributed by atoms with E-state index in [1.807, 2.05) is 0 Å². The molecule has 2 fully saturated rings. The van der Waals surface area contributed by atoms with Crippen molar-refractivity contribution in [3.05, 3.63) is 29.3 Å². The molecule has 0 bridgehead atoms. The summed E-state index contributed by atoms with van der Waals surface area (Å²) in [4.78, 5) is 14.5. The zero-order chi connectivity index (χ0) is 20.1. The third-order valence-corrected chi connectivity index (χ3v) is 7.45. The first-order chi connectivity index (χ1) is 14.2. The molecule has 0 radical (unpaired) electrons. The van der Waals surface area contributed by atoms with E-state index in [4.69, 9.17) is 9.47 Å². The number of carbonyl (C=O) groups is 1. The summed E-state index contributed by atoms with van der Waals surface area (Å²) >= 11 is 0. The number of likely N-dealkylation sites (tertiary alicyclic amines) is 1. The van der Waals surface area contributed by atoms with E-state index in [9.17, 15) is 4.79 Å². The molecule has 29 heavy (non-hydrogen) atoms. The fraction of sp³-hybridized carbons (Fsp3) is 0.720. The Kier molecular flexibility index (Phi) is 7.25. The summed E-state index contributed by atoms with van der Waals surface area (Å²) in [6.45, 7) is 4.86. The number of ketones is 1. The molecule has 0 amide bonds. The monoisotopic (exact) mass is 399 g/mol. The maximum Gasteiger partial charge on any atom is 0.158 e. The van der Waals surface area contributed by atoms with E-state index >= 15 is 0 Å². The van der Waals surface area contributed by atoms with Gasteiger partial charge < -0.3 is 14.4 Å². The van der Waals surface area contributed by atoms with Crippen LogP contribution in [0.4, 0.5) is 0 Å². The SMILES string of the molecule is COCC(=O)CC1CCC(CCN2CCC(c3cccc4c3CCO4)CC2)CC1. The van der Waals surface area contributed by atoms with Crippen molar-refractivity contribution in [1.82, 2.24) is 4.90 Å². The second-order valence-corrected chi connectivity index (χ2v) is 9.39. The lowest BCUT2D eigenvalue weighted by atomic mass is 9.78. The van der Waals surface area contributed by atoms with Crippen molar-refractivity contribution in [3.63, 3.8) is 0 Å². The zero-order valence-electron chi connectivity index (χ0n) is 18.0. The first kappa shape index (κ1) is 20.9. The number of benzene rings is 1. The van der Waals surface area contributed by atoms with E-state index in [-0.39, 0.29) is 12.4 Å². The minimum Gasteiger partial charge on any atom is -0.493 e. The maximum absolute atomic E-state index is 11.8. The van der Waals surface area contributed by atoms with E-state index in [0.717, 1.165) is 31.1 Å². The highest BCUT2D eigenvalue weighted by atomic mass is 16.5. The lowest BCUT2D eigenvalue weighted by molar-refractivity contribution is -0.123. The van der Waals surface area contributed by atoms with Crippen LogP contribution in [0.5, 0.6) is 5.75 Å². The van der Waals surface area contributed by atoms with Crippen molar-refractivity contribution < 1.29 is 14.3 Å². The van der Waals surface area contributed by atoms with Gasteiger partial charge in [-0.05, 0) is 81.1 Å². The third kappa shape index (κ3) is 5.40. The number of nitrogens with zero attached hydrogens (tertiary/aromatic N) is 1. The molecule has 3 aliphatic rings. The average Bonchev–Trinajstić information content (AvgIpc) is 3.23. The summed E-state index contributed by atoms with van der Waals surface area (Å²) < 4.78 is 10.7. The predicted molar refractivity (Wildman–Crippen MR) is 116 cm³/mol. The summed E-state index contributed by atoms with van der Waals surface area (Å²) in [7, 11) is 1.61. The van der Waals surface area contributed by atoms with Crippen molar-refractivity contribution in [2.75, 3.05) is 40.0 Å². The van der Waals surface area contributed by atoms with Gasteiger partial charge in [-0.2, -0.15) is 0 Å². The standard InChI is InChI=1S/C25H37NO3/c1-28-18-22(27)17-20-7-5-19(6-8-20)9-13-26-14-10-21(11-15-26)23-3-2-4-25-24(23)12-16-29-25/h2-4,19-21H,5-18H2,1H3. The summed E-state index contributed by atoms with van der Waals surface area (Å²) in [5.74, 6) is 3.57. The van der Waals surface area contributed by atoms with Crippen molar-refractivity contribution in [1.29, 1.82) is 0 Å². The molecule has 2 aliphatic heterocycles. The van der Waals surface area contributed by atoms with Gasteiger partial charge in [0.1, 0.15) is 12.4 Å². The van der Waals surface area contributed by atoms with Gasteiger partial charge in [0.05, 0.1) is 6.61 Å². The molecule has 0 unspecified atom stereocenters. The van der Waals surface area contributed by atoms with Crippen molar-refractivity contribution in [2.24, 2.45) is 11.8 Å². The highest BCUT2D eigenvalue weighted by Crippen LogP contribution is 2.37. The van der Waals surface area contributed by atoms with Crippen LogP contribution < -0.4 is 4.74 Å². The van der Waals surface area contributed by atoms with Crippen LogP contribution in [0.1, 0.15) is 68.4 Å². The Morgan fingerprint density at radius 3 is 2.62 bits per heavy atom. The summed E-state index contributed by atoms with van der Waals surface area (Å²) in [6.07, 6.45) is 10.8. The van der Waals surface area contributed by atoms with Crippen LogP contribution in [0, 0.1) is 11.8 Å². The molecule has 0 spiro atoms. The Labute approximate surface area is 175 Å². The van der Waals surface area contributed by atoms with Crippen LogP contribution >= 0.6 is 0 Å². The number of piperidine rings is 1. The molecule has 4 nitrogen and oxygen atoms in total. The Morgan fingerprint density at radius 1 is 1.10 bits per heavy atom. The van der Waals surface area contributed by atoms with Crippen LogP contribution in [0.15, 0.2) is 18.2 Å². The number of ether oxygens (including phenoxy) is 2. The quantitative estimate of drug-likeness (QED) is 0.640. The van der Waals surface area contributed by atoms with Crippen molar-refractivity contribution >= 4 is 5.78 Å². The molecule has 2 heterocycles. The van der Waals surface area contributed by atoms with Gasteiger partial charge in [-0.25, -0.2) is 0 Å². The molecular weight excluding hydrogens is 362 g/mol. The Bertz CT molecular complexity index is 673. The molecule has 0 N–H and O–H groups in total. The summed E-state index contributed by atoms with van der Waals surface area (Å²) in [5, 5.41) is 0.